The normalized spacial score (nSPS) is 15.9. The standard InChI is InChI=1S/C13H16N4O2S2/c1-2-10-3-4-12(20-10)21(18,19)17-6-5-9-7-15-13(14)16-11(9)8-17/h3-4,7H,2,5-6,8H2,1H3,(H2,14,15,16). The maximum atomic E-state index is 12.7. The van der Waals surface area contributed by atoms with E-state index in [2.05, 4.69) is 9.97 Å². The van der Waals surface area contributed by atoms with E-state index >= 15 is 0 Å². The summed E-state index contributed by atoms with van der Waals surface area (Å²) in [6.45, 7) is 2.71. The molecular formula is C13H16N4O2S2. The minimum atomic E-state index is -3.46. The van der Waals surface area contributed by atoms with Gasteiger partial charge < -0.3 is 5.73 Å². The van der Waals surface area contributed by atoms with E-state index in [-0.39, 0.29) is 12.5 Å². The molecule has 8 heteroatoms. The van der Waals surface area contributed by atoms with Crippen LogP contribution in [0.3, 0.4) is 0 Å². The summed E-state index contributed by atoms with van der Waals surface area (Å²) >= 11 is 1.33. The molecule has 0 atom stereocenters. The summed E-state index contributed by atoms with van der Waals surface area (Å²) < 4.78 is 27.2. The summed E-state index contributed by atoms with van der Waals surface area (Å²) in [7, 11) is -3.46. The fourth-order valence-corrected chi connectivity index (χ4v) is 5.17. The lowest BCUT2D eigenvalue weighted by Crippen LogP contribution is -2.36. The highest BCUT2D eigenvalue weighted by Gasteiger charge is 2.30. The maximum Gasteiger partial charge on any atom is 0.252 e. The Balaban J connectivity index is 1.91. The number of aryl methyl sites for hydroxylation is 1. The molecule has 0 unspecified atom stereocenters. The van der Waals surface area contributed by atoms with Crippen LogP contribution in [0.15, 0.2) is 22.5 Å². The van der Waals surface area contributed by atoms with Crippen LogP contribution in [0.25, 0.3) is 0 Å². The van der Waals surface area contributed by atoms with Crippen molar-refractivity contribution in [3.8, 4) is 0 Å². The molecule has 3 rings (SSSR count). The van der Waals surface area contributed by atoms with Gasteiger partial charge in [0.15, 0.2) is 0 Å². The van der Waals surface area contributed by atoms with Crippen LogP contribution in [0.5, 0.6) is 0 Å². The van der Waals surface area contributed by atoms with E-state index in [1.165, 1.54) is 15.6 Å². The molecular weight excluding hydrogens is 308 g/mol. The number of nitrogens with zero attached hydrogens (tertiary/aromatic N) is 3. The molecule has 1 aliphatic rings. The van der Waals surface area contributed by atoms with Gasteiger partial charge in [0.05, 0.1) is 12.2 Å². The lowest BCUT2D eigenvalue weighted by atomic mass is 10.1. The first kappa shape index (κ1) is 14.4. The SMILES string of the molecule is CCc1ccc(S(=O)(=O)N2CCc3cnc(N)nc3C2)s1. The molecule has 3 heterocycles. The monoisotopic (exact) mass is 324 g/mol. The lowest BCUT2D eigenvalue weighted by molar-refractivity contribution is 0.386. The maximum absolute atomic E-state index is 12.7. The summed E-state index contributed by atoms with van der Waals surface area (Å²) in [5.41, 5.74) is 7.25. The molecule has 21 heavy (non-hydrogen) atoms. The molecule has 0 saturated heterocycles. The third-order valence-corrected chi connectivity index (χ3v) is 7.05. The van der Waals surface area contributed by atoms with Crippen molar-refractivity contribution in [2.75, 3.05) is 12.3 Å². The average molecular weight is 324 g/mol. The van der Waals surface area contributed by atoms with Crippen LogP contribution in [0, 0.1) is 0 Å². The Morgan fingerprint density at radius 1 is 1.43 bits per heavy atom. The Morgan fingerprint density at radius 2 is 2.24 bits per heavy atom. The Labute approximate surface area is 127 Å². The second-order valence-electron chi connectivity index (χ2n) is 4.86. The number of fused-ring (bicyclic) bond motifs is 1. The molecule has 2 aromatic rings. The van der Waals surface area contributed by atoms with Crippen LogP contribution >= 0.6 is 11.3 Å². The number of aromatic nitrogens is 2. The lowest BCUT2D eigenvalue weighted by Gasteiger charge is -2.26. The number of nitrogen functional groups attached to an aromatic ring is 1. The summed E-state index contributed by atoms with van der Waals surface area (Å²) in [6.07, 6.45) is 3.13. The van der Waals surface area contributed by atoms with E-state index in [4.69, 9.17) is 5.73 Å². The highest BCUT2D eigenvalue weighted by molar-refractivity contribution is 7.91. The smallest absolute Gasteiger partial charge is 0.252 e. The van der Waals surface area contributed by atoms with E-state index in [0.717, 1.165) is 16.9 Å². The van der Waals surface area contributed by atoms with Crippen molar-refractivity contribution >= 4 is 27.3 Å². The average Bonchev–Trinajstić information content (AvgIpc) is 2.96. The second kappa shape index (κ2) is 5.36. The van der Waals surface area contributed by atoms with Gasteiger partial charge in [0.2, 0.25) is 5.95 Å². The minimum Gasteiger partial charge on any atom is -0.368 e. The molecule has 0 saturated carbocycles. The molecule has 2 N–H and O–H groups in total. The van der Waals surface area contributed by atoms with Gasteiger partial charge in [-0.05, 0) is 30.5 Å². The van der Waals surface area contributed by atoms with Gasteiger partial charge in [-0.1, -0.05) is 6.92 Å². The Kier molecular flexibility index (Phi) is 3.68. The summed E-state index contributed by atoms with van der Waals surface area (Å²) in [5, 5.41) is 0. The van der Waals surface area contributed by atoms with Crippen molar-refractivity contribution in [2.24, 2.45) is 0 Å². The summed E-state index contributed by atoms with van der Waals surface area (Å²) in [5.74, 6) is 0.178. The van der Waals surface area contributed by atoms with E-state index in [9.17, 15) is 8.42 Å². The molecule has 0 bridgehead atoms. The fraction of sp³-hybridized carbons (Fsp3) is 0.385. The number of rotatable bonds is 3. The van der Waals surface area contributed by atoms with Gasteiger partial charge in [-0.3, -0.25) is 0 Å². The second-order valence-corrected chi connectivity index (χ2v) is 8.20. The van der Waals surface area contributed by atoms with Crippen molar-refractivity contribution in [1.29, 1.82) is 0 Å². The van der Waals surface area contributed by atoms with E-state index in [1.54, 1.807) is 12.3 Å². The number of hydrogen-bond acceptors (Lipinski definition) is 6. The van der Waals surface area contributed by atoms with E-state index in [0.29, 0.717) is 22.9 Å². The first-order valence-corrected chi connectivity index (χ1v) is 8.95. The minimum absolute atomic E-state index is 0.178. The van der Waals surface area contributed by atoms with Crippen LogP contribution in [0.4, 0.5) is 5.95 Å². The van der Waals surface area contributed by atoms with Gasteiger partial charge in [0, 0.05) is 17.6 Å². The molecule has 0 fully saturated rings. The molecule has 0 radical (unpaired) electrons. The highest BCUT2D eigenvalue weighted by Crippen LogP contribution is 2.28. The van der Waals surface area contributed by atoms with Crippen molar-refractivity contribution < 1.29 is 8.42 Å². The van der Waals surface area contributed by atoms with Crippen LogP contribution < -0.4 is 5.73 Å². The van der Waals surface area contributed by atoms with Crippen molar-refractivity contribution in [2.45, 2.75) is 30.5 Å². The molecule has 0 spiro atoms. The van der Waals surface area contributed by atoms with Crippen molar-refractivity contribution in [3.05, 3.63) is 34.5 Å². The summed E-state index contributed by atoms with van der Waals surface area (Å²) in [4.78, 5) is 9.18. The van der Waals surface area contributed by atoms with Gasteiger partial charge in [0.1, 0.15) is 4.21 Å². The van der Waals surface area contributed by atoms with Gasteiger partial charge in [-0.15, -0.1) is 11.3 Å². The Hall–Kier alpha value is -1.51. The zero-order valence-corrected chi connectivity index (χ0v) is 13.2. The van der Waals surface area contributed by atoms with Crippen LogP contribution in [-0.2, 0) is 29.4 Å². The molecule has 0 amide bonds. The largest absolute Gasteiger partial charge is 0.368 e. The van der Waals surface area contributed by atoms with Crippen molar-refractivity contribution in [3.63, 3.8) is 0 Å². The van der Waals surface area contributed by atoms with Gasteiger partial charge in [0.25, 0.3) is 10.0 Å². The van der Waals surface area contributed by atoms with Gasteiger partial charge in [-0.2, -0.15) is 4.31 Å². The van der Waals surface area contributed by atoms with E-state index < -0.39 is 10.0 Å². The molecule has 0 aromatic carbocycles. The number of hydrogen-bond donors (Lipinski definition) is 1. The predicted molar refractivity (Wildman–Crippen MR) is 81.4 cm³/mol. The first-order chi connectivity index (χ1) is 10.0. The Morgan fingerprint density at radius 3 is 2.95 bits per heavy atom. The van der Waals surface area contributed by atoms with Crippen LogP contribution in [0.2, 0.25) is 0 Å². The zero-order chi connectivity index (χ0) is 15.0. The molecule has 1 aliphatic heterocycles. The molecule has 0 aliphatic carbocycles. The highest BCUT2D eigenvalue weighted by atomic mass is 32.2. The number of anilines is 1. The van der Waals surface area contributed by atoms with Gasteiger partial charge in [-0.25, -0.2) is 18.4 Å². The molecule has 2 aromatic heterocycles. The number of sulfonamides is 1. The quantitative estimate of drug-likeness (QED) is 0.922. The van der Waals surface area contributed by atoms with Crippen molar-refractivity contribution in [1.82, 2.24) is 14.3 Å². The third-order valence-electron chi connectivity index (χ3n) is 3.51. The number of nitrogens with two attached hydrogens (primary N) is 1. The zero-order valence-electron chi connectivity index (χ0n) is 11.6. The number of thiophene rings is 1. The topological polar surface area (TPSA) is 89.2 Å². The summed E-state index contributed by atoms with van der Waals surface area (Å²) in [6, 6.07) is 3.55. The van der Waals surface area contributed by atoms with Crippen LogP contribution in [-0.4, -0.2) is 29.2 Å². The van der Waals surface area contributed by atoms with Gasteiger partial charge >= 0.3 is 0 Å². The first-order valence-electron chi connectivity index (χ1n) is 6.70. The molecule has 112 valence electrons. The predicted octanol–water partition coefficient (Wildman–Crippen LogP) is 1.43. The van der Waals surface area contributed by atoms with Crippen LogP contribution in [0.1, 0.15) is 23.1 Å². The third kappa shape index (κ3) is 2.66. The fourth-order valence-electron chi connectivity index (χ4n) is 2.31. The Bertz CT molecular complexity index is 770. The van der Waals surface area contributed by atoms with E-state index in [1.807, 2.05) is 13.0 Å². The molecule has 6 nitrogen and oxygen atoms in total.